The molecule has 0 aliphatic carbocycles. The lowest BCUT2D eigenvalue weighted by Gasteiger charge is -2.14. The van der Waals surface area contributed by atoms with Gasteiger partial charge in [-0.2, -0.15) is 0 Å². The number of hydrogen-bond acceptors (Lipinski definition) is 6. The summed E-state index contributed by atoms with van der Waals surface area (Å²) >= 11 is 7.19. The van der Waals surface area contributed by atoms with Crippen LogP contribution in [0.3, 0.4) is 0 Å². The fourth-order valence-corrected chi connectivity index (χ4v) is 5.15. The highest BCUT2D eigenvalue weighted by Crippen LogP contribution is 2.23. The van der Waals surface area contributed by atoms with Gasteiger partial charge in [-0.25, -0.2) is 8.42 Å². The van der Waals surface area contributed by atoms with Crippen LogP contribution < -0.4 is 11.1 Å². The number of thioether (sulfide) groups is 1. The van der Waals surface area contributed by atoms with Crippen LogP contribution in [0, 0.1) is 0 Å². The highest BCUT2D eigenvalue weighted by molar-refractivity contribution is 8.00. The molecule has 0 radical (unpaired) electrons. The van der Waals surface area contributed by atoms with Crippen LogP contribution in [-0.4, -0.2) is 48.0 Å². The quantitative estimate of drug-likeness (QED) is 0.605. The van der Waals surface area contributed by atoms with Crippen molar-refractivity contribution in [3.8, 4) is 0 Å². The number of nitrogen functional groups attached to an aromatic ring is 1. The van der Waals surface area contributed by atoms with Gasteiger partial charge in [0, 0.05) is 11.1 Å². The number of nitrogens with two attached hydrogens (primary N) is 1. The van der Waals surface area contributed by atoms with Gasteiger partial charge in [-0.05, 0) is 6.07 Å². The Labute approximate surface area is 126 Å². The third kappa shape index (κ3) is 4.00. The second-order valence-electron chi connectivity index (χ2n) is 4.47. The van der Waals surface area contributed by atoms with E-state index in [9.17, 15) is 13.2 Å². The molecule has 2 unspecified atom stereocenters. The van der Waals surface area contributed by atoms with Gasteiger partial charge in [0.15, 0.2) is 9.84 Å². The van der Waals surface area contributed by atoms with E-state index >= 15 is 0 Å². The summed E-state index contributed by atoms with van der Waals surface area (Å²) in [7, 11) is -3.15. The fraction of sp³-hybridized carbons (Fsp3) is 0.455. The van der Waals surface area contributed by atoms with Crippen molar-refractivity contribution in [1.29, 1.82) is 0 Å². The summed E-state index contributed by atoms with van der Waals surface area (Å²) in [5.41, 5.74) is 6.22. The molecular formula is C11H14ClN3O3S2. The Balaban J connectivity index is 1.86. The zero-order valence-corrected chi connectivity index (χ0v) is 12.8. The topological polar surface area (TPSA) is 102 Å². The second kappa shape index (κ2) is 6.19. The summed E-state index contributed by atoms with van der Waals surface area (Å²) in [5, 5.41) is 2.08. The molecule has 0 aromatic carbocycles. The average molecular weight is 336 g/mol. The first-order valence-electron chi connectivity index (χ1n) is 5.83. The highest BCUT2D eigenvalue weighted by atomic mass is 35.5. The predicted octanol–water partition coefficient (Wildman–Crippen LogP) is 0.277. The number of anilines is 1. The molecule has 9 heteroatoms. The monoisotopic (exact) mass is 335 g/mol. The van der Waals surface area contributed by atoms with Crippen LogP contribution in [0.1, 0.15) is 0 Å². The van der Waals surface area contributed by atoms with E-state index in [0.717, 1.165) is 4.90 Å². The van der Waals surface area contributed by atoms with Crippen LogP contribution >= 0.6 is 23.4 Å². The number of carbonyl (C=O) groups excluding carboxylic acids is 1. The van der Waals surface area contributed by atoms with Gasteiger partial charge in [0.1, 0.15) is 0 Å². The van der Waals surface area contributed by atoms with E-state index in [2.05, 4.69) is 10.3 Å². The number of nitrogens with one attached hydrogen (secondary N) is 1. The van der Waals surface area contributed by atoms with E-state index in [1.54, 1.807) is 12.3 Å². The zero-order chi connectivity index (χ0) is 14.8. The van der Waals surface area contributed by atoms with Gasteiger partial charge in [-0.3, -0.25) is 9.78 Å². The Kier molecular flexibility index (Phi) is 4.77. The molecule has 1 amide bonds. The van der Waals surface area contributed by atoms with Crippen molar-refractivity contribution in [2.75, 3.05) is 23.0 Å². The standard InChI is InChI=1S/C11H14ClN3O3S2/c12-7-5-20(17,18)6-9(7)15-11(16)4-19-10-1-2-14-3-8(10)13/h1-3,7,9H,4-6,13H2,(H,15,16). The molecule has 0 bridgehead atoms. The van der Waals surface area contributed by atoms with E-state index in [0.29, 0.717) is 5.69 Å². The number of aromatic nitrogens is 1. The number of rotatable bonds is 4. The van der Waals surface area contributed by atoms with Gasteiger partial charge in [0.2, 0.25) is 5.91 Å². The number of carbonyl (C=O) groups is 1. The first-order chi connectivity index (χ1) is 9.37. The van der Waals surface area contributed by atoms with Gasteiger partial charge in [0.25, 0.3) is 0 Å². The third-order valence-electron chi connectivity index (χ3n) is 2.80. The minimum Gasteiger partial charge on any atom is -0.397 e. The van der Waals surface area contributed by atoms with E-state index < -0.39 is 21.3 Å². The molecule has 0 saturated carbocycles. The molecule has 20 heavy (non-hydrogen) atoms. The SMILES string of the molecule is Nc1cnccc1SCC(=O)NC1CS(=O)(=O)CC1Cl. The lowest BCUT2D eigenvalue weighted by Crippen LogP contribution is -2.41. The molecule has 1 saturated heterocycles. The first kappa shape index (κ1) is 15.4. The van der Waals surface area contributed by atoms with E-state index in [1.165, 1.54) is 18.0 Å². The van der Waals surface area contributed by atoms with E-state index in [4.69, 9.17) is 17.3 Å². The minimum absolute atomic E-state index is 0.0933. The molecule has 1 aromatic rings. The Morgan fingerprint density at radius 2 is 2.30 bits per heavy atom. The van der Waals surface area contributed by atoms with Gasteiger partial charge in [-0.1, -0.05) is 0 Å². The van der Waals surface area contributed by atoms with Gasteiger partial charge in [-0.15, -0.1) is 23.4 Å². The Morgan fingerprint density at radius 1 is 1.55 bits per heavy atom. The minimum atomic E-state index is -3.15. The molecule has 3 N–H and O–H groups in total. The lowest BCUT2D eigenvalue weighted by atomic mass is 10.2. The molecule has 2 atom stereocenters. The van der Waals surface area contributed by atoms with Gasteiger partial charge >= 0.3 is 0 Å². The van der Waals surface area contributed by atoms with Crippen molar-refractivity contribution in [1.82, 2.24) is 10.3 Å². The van der Waals surface area contributed by atoms with Crippen molar-refractivity contribution < 1.29 is 13.2 Å². The number of amides is 1. The largest absolute Gasteiger partial charge is 0.397 e. The molecule has 6 nitrogen and oxygen atoms in total. The molecule has 1 aromatic heterocycles. The van der Waals surface area contributed by atoms with Crippen molar-refractivity contribution >= 4 is 44.8 Å². The number of alkyl halides is 1. The summed E-state index contributed by atoms with van der Waals surface area (Å²) in [5.74, 6) is -0.313. The fourth-order valence-electron chi connectivity index (χ4n) is 1.85. The number of hydrogen-bond donors (Lipinski definition) is 2. The molecule has 1 aliphatic heterocycles. The summed E-state index contributed by atoms with van der Waals surface area (Å²) in [6.07, 6.45) is 3.10. The van der Waals surface area contributed by atoms with Crippen LogP contribution in [-0.2, 0) is 14.6 Å². The normalized spacial score (nSPS) is 24.4. The van der Waals surface area contributed by atoms with Crippen LogP contribution in [0.15, 0.2) is 23.4 Å². The van der Waals surface area contributed by atoms with Crippen molar-refractivity contribution in [2.24, 2.45) is 0 Å². The van der Waals surface area contributed by atoms with Crippen LogP contribution in [0.4, 0.5) is 5.69 Å². The highest BCUT2D eigenvalue weighted by Gasteiger charge is 2.37. The lowest BCUT2D eigenvalue weighted by molar-refractivity contribution is -0.119. The summed E-state index contributed by atoms with van der Waals surface area (Å²) in [4.78, 5) is 16.4. The van der Waals surface area contributed by atoms with Crippen LogP contribution in [0.2, 0.25) is 0 Å². The maximum atomic E-state index is 11.8. The molecule has 2 rings (SSSR count). The van der Waals surface area contributed by atoms with Gasteiger partial charge in [0.05, 0.1) is 40.6 Å². The molecule has 2 heterocycles. The summed E-state index contributed by atoms with van der Waals surface area (Å²) < 4.78 is 22.8. The van der Waals surface area contributed by atoms with E-state index in [1.807, 2.05) is 0 Å². The zero-order valence-electron chi connectivity index (χ0n) is 10.5. The molecule has 110 valence electrons. The number of pyridine rings is 1. The maximum absolute atomic E-state index is 11.8. The Bertz CT molecular complexity index is 609. The second-order valence-corrected chi connectivity index (χ2v) is 8.20. The average Bonchev–Trinajstić information content (AvgIpc) is 2.61. The smallest absolute Gasteiger partial charge is 0.230 e. The predicted molar refractivity (Wildman–Crippen MR) is 79.6 cm³/mol. The summed E-state index contributed by atoms with van der Waals surface area (Å²) in [6, 6.07) is 1.20. The van der Waals surface area contributed by atoms with E-state index in [-0.39, 0.29) is 23.2 Å². The van der Waals surface area contributed by atoms with Crippen molar-refractivity contribution in [3.05, 3.63) is 18.5 Å². The molecule has 1 aliphatic rings. The van der Waals surface area contributed by atoms with Crippen molar-refractivity contribution in [3.63, 3.8) is 0 Å². The summed E-state index contributed by atoms with van der Waals surface area (Å²) in [6.45, 7) is 0. The first-order valence-corrected chi connectivity index (χ1v) is 9.08. The van der Waals surface area contributed by atoms with Crippen LogP contribution in [0.25, 0.3) is 0 Å². The number of halogens is 1. The molecule has 1 fully saturated rings. The molecule has 0 spiro atoms. The number of nitrogens with zero attached hydrogens (tertiary/aromatic N) is 1. The number of sulfone groups is 1. The Morgan fingerprint density at radius 3 is 2.90 bits per heavy atom. The van der Waals surface area contributed by atoms with Crippen LogP contribution in [0.5, 0.6) is 0 Å². The maximum Gasteiger partial charge on any atom is 0.230 e. The third-order valence-corrected chi connectivity index (χ3v) is 6.26. The van der Waals surface area contributed by atoms with Crippen molar-refractivity contribution in [2.45, 2.75) is 16.3 Å². The van der Waals surface area contributed by atoms with Gasteiger partial charge < -0.3 is 11.1 Å². The molecular weight excluding hydrogens is 322 g/mol. The Hall–Kier alpha value is -0.990.